The summed E-state index contributed by atoms with van der Waals surface area (Å²) in [5, 5.41) is 27.6. The minimum atomic E-state index is -0.703. The second-order valence-corrected chi connectivity index (χ2v) is 5.58. The molecule has 0 aliphatic heterocycles. The number of amides is 1. The number of hydrogen-bond acceptors (Lipinski definition) is 5. The molecule has 1 amide bonds. The molecule has 2 rings (SSSR count). The average molecular weight is 332 g/mol. The van der Waals surface area contributed by atoms with Gasteiger partial charge in [-0.2, -0.15) is 5.10 Å². The molecule has 1 aromatic carbocycles. The number of aromatic nitrogens is 2. The Morgan fingerprint density at radius 2 is 2.04 bits per heavy atom. The first-order valence-corrected chi connectivity index (χ1v) is 7.55. The maximum absolute atomic E-state index is 12.0. The molecule has 0 fully saturated rings. The van der Waals surface area contributed by atoms with Crippen molar-refractivity contribution in [3.05, 3.63) is 57.4 Å². The van der Waals surface area contributed by atoms with Crippen LogP contribution in [-0.4, -0.2) is 38.4 Å². The summed E-state index contributed by atoms with van der Waals surface area (Å²) in [5.41, 5.74) is 1.51. The van der Waals surface area contributed by atoms with Gasteiger partial charge in [0, 0.05) is 13.0 Å². The van der Waals surface area contributed by atoms with E-state index in [1.165, 1.54) is 11.6 Å². The van der Waals surface area contributed by atoms with Crippen molar-refractivity contribution in [2.75, 3.05) is 6.54 Å². The highest BCUT2D eigenvalue weighted by molar-refractivity contribution is 5.75. The van der Waals surface area contributed by atoms with Gasteiger partial charge in [-0.3, -0.25) is 19.6 Å². The monoisotopic (exact) mass is 332 g/mol. The summed E-state index contributed by atoms with van der Waals surface area (Å²) in [5.74, 6) is -0.359. The van der Waals surface area contributed by atoms with Gasteiger partial charge in [0.2, 0.25) is 5.91 Å². The normalized spacial score (nSPS) is 12.0. The van der Waals surface area contributed by atoms with E-state index in [1.54, 1.807) is 6.92 Å². The second kappa shape index (κ2) is 7.69. The molecule has 8 heteroatoms. The second-order valence-electron chi connectivity index (χ2n) is 5.58. The van der Waals surface area contributed by atoms with Crippen LogP contribution >= 0.6 is 0 Å². The Morgan fingerprint density at radius 1 is 1.38 bits per heavy atom. The molecule has 0 bridgehead atoms. The fraction of sp³-hybridized carbons (Fsp3) is 0.375. The Kier molecular flexibility index (Phi) is 5.64. The van der Waals surface area contributed by atoms with Crippen molar-refractivity contribution in [3.63, 3.8) is 0 Å². The number of carbonyl (C=O) groups is 1. The zero-order chi connectivity index (χ0) is 17.7. The Morgan fingerprint density at radius 3 is 2.62 bits per heavy atom. The Balaban J connectivity index is 1.87. The molecule has 0 saturated heterocycles. The van der Waals surface area contributed by atoms with Crippen LogP contribution in [0.25, 0.3) is 0 Å². The number of rotatable bonds is 7. The van der Waals surface area contributed by atoms with Gasteiger partial charge in [-0.25, -0.2) is 0 Å². The molecular formula is C16H20N4O4. The van der Waals surface area contributed by atoms with Crippen LogP contribution in [0.4, 0.5) is 5.69 Å². The van der Waals surface area contributed by atoms with Crippen molar-refractivity contribution in [2.24, 2.45) is 0 Å². The molecule has 1 aromatic heterocycles. The Labute approximate surface area is 139 Å². The molecule has 1 heterocycles. The molecule has 1 unspecified atom stereocenters. The first kappa shape index (κ1) is 17.6. The van der Waals surface area contributed by atoms with E-state index in [2.05, 4.69) is 10.4 Å². The Bertz CT molecular complexity index is 727. The molecular weight excluding hydrogens is 312 g/mol. The highest BCUT2D eigenvalue weighted by Gasteiger charge is 2.22. The largest absolute Gasteiger partial charge is 0.391 e. The standard InChI is InChI=1S/C16H20N4O4/c1-11-16(20(23)24)12(2)19(18-11)10-15(22)17-9-14(21)8-13-6-4-3-5-7-13/h3-7,14,21H,8-10H2,1-2H3,(H,17,22). The first-order chi connectivity index (χ1) is 11.4. The smallest absolute Gasteiger partial charge is 0.312 e. The van der Waals surface area contributed by atoms with Crippen molar-refractivity contribution in [1.29, 1.82) is 0 Å². The molecule has 128 valence electrons. The van der Waals surface area contributed by atoms with E-state index in [9.17, 15) is 20.0 Å². The topological polar surface area (TPSA) is 110 Å². The molecule has 0 aliphatic carbocycles. The van der Waals surface area contributed by atoms with Gasteiger partial charge < -0.3 is 10.4 Å². The minimum absolute atomic E-state index is 0.0769. The lowest BCUT2D eigenvalue weighted by molar-refractivity contribution is -0.386. The zero-order valence-electron chi connectivity index (χ0n) is 13.6. The fourth-order valence-corrected chi connectivity index (χ4v) is 2.49. The zero-order valence-corrected chi connectivity index (χ0v) is 13.6. The van der Waals surface area contributed by atoms with E-state index in [1.807, 2.05) is 30.3 Å². The van der Waals surface area contributed by atoms with Crippen molar-refractivity contribution in [1.82, 2.24) is 15.1 Å². The van der Waals surface area contributed by atoms with Crippen LogP contribution in [0.3, 0.4) is 0 Å². The SMILES string of the molecule is Cc1nn(CC(=O)NCC(O)Cc2ccccc2)c(C)c1[N+](=O)[O-]. The molecule has 24 heavy (non-hydrogen) atoms. The third-order valence-electron chi connectivity index (χ3n) is 3.67. The minimum Gasteiger partial charge on any atom is -0.391 e. The number of aliphatic hydroxyl groups is 1. The van der Waals surface area contributed by atoms with Gasteiger partial charge in [0.15, 0.2) is 0 Å². The summed E-state index contributed by atoms with van der Waals surface area (Å²) in [4.78, 5) is 22.4. The highest BCUT2D eigenvalue weighted by Crippen LogP contribution is 2.21. The maximum Gasteiger partial charge on any atom is 0.312 e. The summed E-state index contributed by atoms with van der Waals surface area (Å²) in [6.07, 6.45) is -0.266. The number of aryl methyl sites for hydroxylation is 1. The predicted molar refractivity (Wildman–Crippen MR) is 87.5 cm³/mol. The van der Waals surface area contributed by atoms with Gasteiger partial charge in [0.05, 0.1) is 11.0 Å². The number of nitrogens with one attached hydrogen (secondary N) is 1. The summed E-state index contributed by atoms with van der Waals surface area (Å²) in [6, 6.07) is 9.47. The number of nitrogens with zero attached hydrogens (tertiary/aromatic N) is 3. The van der Waals surface area contributed by atoms with Crippen LogP contribution in [0, 0.1) is 24.0 Å². The van der Waals surface area contributed by atoms with Crippen molar-refractivity contribution >= 4 is 11.6 Å². The van der Waals surface area contributed by atoms with Gasteiger partial charge in [0.25, 0.3) is 0 Å². The van der Waals surface area contributed by atoms with Crippen molar-refractivity contribution in [3.8, 4) is 0 Å². The molecule has 0 radical (unpaired) electrons. The van der Waals surface area contributed by atoms with Crippen molar-refractivity contribution in [2.45, 2.75) is 32.9 Å². The van der Waals surface area contributed by atoms with E-state index >= 15 is 0 Å². The molecule has 0 saturated carbocycles. The van der Waals surface area contributed by atoms with Gasteiger partial charge in [0.1, 0.15) is 17.9 Å². The molecule has 8 nitrogen and oxygen atoms in total. The van der Waals surface area contributed by atoms with Gasteiger partial charge >= 0.3 is 5.69 Å². The number of nitro groups is 1. The van der Waals surface area contributed by atoms with Gasteiger partial charge in [-0.1, -0.05) is 30.3 Å². The fourth-order valence-electron chi connectivity index (χ4n) is 2.49. The van der Waals surface area contributed by atoms with Gasteiger partial charge in [-0.15, -0.1) is 0 Å². The Hall–Kier alpha value is -2.74. The van der Waals surface area contributed by atoms with Crippen LogP contribution in [0.2, 0.25) is 0 Å². The lowest BCUT2D eigenvalue weighted by Crippen LogP contribution is -2.35. The van der Waals surface area contributed by atoms with E-state index in [0.717, 1.165) is 5.56 Å². The number of hydrogen-bond donors (Lipinski definition) is 2. The van der Waals surface area contributed by atoms with E-state index in [0.29, 0.717) is 12.1 Å². The maximum atomic E-state index is 12.0. The van der Waals surface area contributed by atoms with Gasteiger partial charge in [-0.05, 0) is 19.4 Å². The molecule has 0 aliphatic rings. The lowest BCUT2D eigenvalue weighted by Gasteiger charge is -2.12. The van der Waals surface area contributed by atoms with Crippen LogP contribution in [-0.2, 0) is 17.8 Å². The summed E-state index contributed by atoms with van der Waals surface area (Å²) in [6.45, 7) is 3.06. The molecule has 0 spiro atoms. The molecule has 2 N–H and O–H groups in total. The first-order valence-electron chi connectivity index (χ1n) is 7.55. The quantitative estimate of drug-likeness (QED) is 0.583. The van der Waals surface area contributed by atoms with Crippen LogP contribution in [0.5, 0.6) is 0 Å². The summed E-state index contributed by atoms with van der Waals surface area (Å²) < 4.78 is 1.30. The summed E-state index contributed by atoms with van der Waals surface area (Å²) >= 11 is 0. The third kappa shape index (κ3) is 4.39. The molecule has 1 atom stereocenters. The van der Waals surface area contributed by atoms with Crippen LogP contribution in [0.1, 0.15) is 17.0 Å². The molecule has 2 aromatic rings. The predicted octanol–water partition coefficient (Wildman–Crippen LogP) is 1.13. The van der Waals surface area contributed by atoms with E-state index < -0.39 is 11.0 Å². The lowest BCUT2D eigenvalue weighted by atomic mass is 10.1. The highest BCUT2D eigenvalue weighted by atomic mass is 16.6. The summed E-state index contributed by atoms with van der Waals surface area (Å²) in [7, 11) is 0. The van der Waals surface area contributed by atoms with Crippen LogP contribution in [0.15, 0.2) is 30.3 Å². The number of carbonyl (C=O) groups excluding carboxylic acids is 1. The third-order valence-corrected chi connectivity index (χ3v) is 3.67. The van der Waals surface area contributed by atoms with E-state index in [-0.39, 0.29) is 30.4 Å². The average Bonchev–Trinajstić information content (AvgIpc) is 2.80. The van der Waals surface area contributed by atoms with E-state index in [4.69, 9.17) is 0 Å². The number of aliphatic hydroxyl groups excluding tert-OH is 1. The number of benzene rings is 1. The van der Waals surface area contributed by atoms with Crippen LogP contribution < -0.4 is 5.32 Å². The van der Waals surface area contributed by atoms with Crippen molar-refractivity contribution < 1.29 is 14.8 Å².